The van der Waals surface area contributed by atoms with E-state index in [1.165, 1.54) is 5.56 Å². The van der Waals surface area contributed by atoms with Crippen LogP contribution < -0.4 is 21.3 Å². The van der Waals surface area contributed by atoms with E-state index in [4.69, 9.17) is 48.2 Å². The fourth-order valence-electron chi connectivity index (χ4n) is 9.32. The minimum Gasteiger partial charge on any atom is -0.379 e. The van der Waals surface area contributed by atoms with Crippen LogP contribution in [0.2, 0.25) is 0 Å². The van der Waals surface area contributed by atoms with Gasteiger partial charge in [-0.2, -0.15) is 0 Å². The van der Waals surface area contributed by atoms with Crippen molar-refractivity contribution >= 4 is 34.3 Å². The average Bonchev–Trinajstić information content (AvgIpc) is 2.65. The zero-order valence-corrected chi connectivity index (χ0v) is 49.4. The van der Waals surface area contributed by atoms with Gasteiger partial charge < -0.3 is 63.6 Å². The highest BCUT2D eigenvalue weighted by Crippen LogP contribution is 2.37. The summed E-state index contributed by atoms with van der Waals surface area (Å²) in [6, 6.07) is 42.9. The molecule has 0 aliphatic rings. The van der Waals surface area contributed by atoms with Gasteiger partial charge >= 0.3 is 0 Å². The average molecular weight is 1170 g/mol. The number of carbonyl (C=O) groups excluding carboxylic acids is 3. The van der Waals surface area contributed by atoms with Gasteiger partial charge in [-0.3, -0.25) is 19.7 Å². The molecule has 6 aromatic rings. The van der Waals surface area contributed by atoms with E-state index >= 15 is 0 Å². The van der Waals surface area contributed by atoms with Gasteiger partial charge in [-0.05, 0) is 85.6 Å². The lowest BCUT2D eigenvalue weighted by Crippen LogP contribution is -2.53. The van der Waals surface area contributed by atoms with E-state index in [1.54, 1.807) is 0 Å². The molecule has 0 radical (unpaired) electrons. The molecular weight excluding hydrogens is 1080 g/mol. The summed E-state index contributed by atoms with van der Waals surface area (Å²) in [6.07, 6.45) is 3.69. The van der Waals surface area contributed by atoms with Gasteiger partial charge in [-0.15, -0.1) is 0 Å². The molecule has 0 spiro atoms. The molecule has 0 bridgehead atoms. The zero-order chi connectivity index (χ0) is 59.8. The maximum atomic E-state index is 14.6. The fraction of sp³-hybridized carbons (Fsp3) is 0.462. The first-order chi connectivity index (χ1) is 41.8. The van der Waals surface area contributed by atoms with Gasteiger partial charge in [0.2, 0.25) is 17.7 Å². The number of nitrogens with one attached hydrogen (secondary N) is 5. The number of fused-ring (bicyclic) bond motifs is 1. The number of aromatic nitrogens is 1. The molecule has 6 rings (SSSR count). The molecule has 5 N–H and O–H groups in total. The van der Waals surface area contributed by atoms with Crippen molar-refractivity contribution in [2.24, 2.45) is 5.11 Å². The van der Waals surface area contributed by atoms with Crippen molar-refractivity contribution in [2.75, 3.05) is 137 Å². The van der Waals surface area contributed by atoms with Crippen LogP contribution in [0.5, 0.6) is 0 Å². The number of hydrogen-bond acceptors (Lipinski definition) is 14. The van der Waals surface area contributed by atoms with Crippen molar-refractivity contribution in [2.45, 2.75) is 63.6 Å². The minimum absolute atomic E-state index is 0.00938. The maximum absolute atomic E-state index is 14.6. The highest BCUT2D eigenvalue weighted by molar-refractivity contribution is 5.98. The van der Waals surface area contributed by atoms with Gasteiger partial charge in [-0.1, -0.05) is 132 Å². The smallest absolute Gasteiger partial charge is 0.246 e. The Labute approximate surface area is 499 Å². The SMILES string of the molecule is Cc1ccc(NC(=O)[C@H](CCCCNC(c2ccccc2)(c2ccccc2)c2ccc(C)cc2)NC(=O)[C@H](Cc2c[nH]c3ccccc23)NC(=O)CCOCCOCCOCCOCCOCCOCCOCCOCCOCCN=[N+]=[N-])cc1. The first-order valence-electron chi connectivity index (χ1n) is 29.4. The van der Waals surface area contributed by atoms with E-state index in [-0.39, 0.29) is 37.9 Å². The number of aromatic amines is 1. The Hall–Kier alpha value is -7.04. The van der Waals surface area contributed by atoms with Crippen molar-refractivity contribution in [3.8, 4) is 0 Å². The predicted octanol–water partition coefficient (Wildman–Crippen LogP) is 8.54. The molecular formula is C65H86N8O12. The molecule has 1 aromatic heterocycles. The summed E-state index contributed by atoms with van der Waals surface area (Å²) in [5.74, 6) is -1.19. The Balaban J connectivity index is 0.898. The summed E-state index contributed by atoms with van der Waals surface area (Å²) in [5.41, 5.74) is 15.5. The number of nitrogens with zero attached hydrogens (tertiary/aromatic N) is 3. The third kappa shape index (κ3) is 24.8. The van der Waals surface area contributed by atoms with E-state index in [0.717, 1.165) is 38.7 Å². The lowest BCUT2D eigenvalue weighted by Gasteiger charge is -2.37. The fourth-order valence-corrected chi connectivity index (χ4v) is 9.32. The monoisotopic (exact) mass is 1170 g/mol. The summed E-state index contributed by atoms with van der Waals surface area (Å²) in [6.45, 7) is 12.1. The van der Waals surface area contributed by atoms with Gasteiger partial charge in [-0.25, -0.2) is 0 Å². The molecule has 458 valence electrons. The number of anilines is 1. The van der Waals surface area contributed by atoms with Crippen LogP contribution in [0, 0.1) is 13.8 Å². The first-order valence-corrected chi connectivity index (χ1v) is 29.4. The number of ether oxygens (including phenoxy) is 9. The lowest BCUT2D eigenvalue weighted by molar-refractivity contribution is -0.131. The highest BCUT2D eigenvalue weighted by atomic mass is 16.6. The summed E-state index contributed by atoms with van der Waals surface area (Å²) in [7, 11) is 0. The number of carbonyl (C=O) groups is 3. The van der Waals surface area contributed by atoms with Gasteiger partial charge in [0.15, 0.2) is 0 Å². The molecule has 5 aromatic carbocycles. The second-order valence-corrected chi connectivity index (χ2v) is 20.1. The predicted molar refractivity (Wildman–Crippen MR) is 327 cm³/mol. The molecule has 20 heteroatoms. The van der Waals surface area contributed by atoms with Crippen LogP contribution in [0.25, 0.3) is 21.3 Å². The molecule has 1 heterocycles. The summed E-state index contributed by atoms with van der Waals surface area (Å²) >= 11 is 0. The number of azide groups is 1. The summed E-state index contributed by atoms with van der Waals surface area (Å²) < 4.78 is 49.7. The first kappa shape index (κ1) is 67.1. The van der Waals surface area contributed by atoms with Crippen molar-refractivity contribution in [3.05, 3.63) is 183 Å². The molecule has 0 saturated carbocycles. The summed E-state index contributed by atoms with van der Waals surface area (Å²) in [5, 5.41) is 17.3. The second kappa shape index (κ2) is 40.3. The van der Waals surface area contributed by atoms with E-state index in [2.05, 4.69) is 116 Å². The Morgan fingerprint density at radius 3 is 1.49 bits per heavy atom. The lowest BCUT2D eigenvalue weighted by atomic mass is 9.76. The van der Waals surface area contributed by atoms with Crippen LogP contribution >= 0.6 is 0 Å². The Bertz CT molecular complexity index is 2800. The maximum Gasteiger partial charge on any atom is 0.246 e. The largest absolute Gasteiger partial charge is 0.379 e. The molecule has 0 fully saturated rings. The van der Waals surface area contributed by atoms with Crippen LogP contribution in [0.4, 0.5) is 5.69 Å². The van der Waals surface area contributed by atoms with Crippen LogP contribution in [-0.2, 0) is 69.0 Å². The molecule has 85 heavy (non-hydrogen) atoms. The number of aryl methyl sites for hydroxylation is 2. The van der Waals surface area contributed by atoms with Crippen molar-refractivity contribution in [3.63, 3.8) is 0 Å². The highest BCUT2D eigenvalue weighted by Gasteiger charge is 2.36. The zero-order valence-electron chi connectivity index (χ0n) is 49.4. The molecule has 0 aliphatic carbocycles. The van der Waals surface area contributed by atoms with Crippen LogP contribution in [0.1, 0.15) is 59.1 Å². The number of hydrogen-bond donors (Lipinski definition) is 5. The Morgan fingerprint density at radius 1 is 0.518 bits per heavy atom. The number of amides is 3. The topological polar surface area (TPSA) is 247 Å². The van der Waals surface area contributed by atoms with Crippen LogP contribution in [0.3, 0.4) is 0 Å². The number of unbranched alkanes of at least 4 members (excludes halogenated alkanes) is 1. The van der Waals surface area contributed by atoms with E-state index in [9.17, 15) is 14.4 Å². The van der Waals surface area contributed by atoms with Gasteiger partial charge in [0.1, 0.15) is 12.1 Å². The molecule has 0 saturated heterocycles. The Morgan fingerprint density at radius 2 is 0.976 bits per heavy atom. The van der Waals surface area contributed by atoms with E-state index < -0.39 is 23.5 Å². The standard InChI is InChI=1S/C65H86N8O12/c1-51-20-24-56(25-21-51)65(54-13-5-3-6-14-54,55-15-7-4-8-16-55)68-29-12-11-19-60(63(75)70-57-26-22-52(2)23-27-57)72-64(76)61(49-53-50-67-59-18-10-9-17-58(53)59)71-62(74)28-31-77-33-35-79-37-39-81-41-43-83-45-47-85-48-46-84-44-42-82-40-38-80-36-34-78-32-30-69-73-66/h3-10,13-18,20-27,50,60-61,67-68H,11-12,19,28-49H2,1-2H3,(H,70,75)(H,71,74)(H,72,76)/t60-,61-/m0/s1. The van der Waals surface area contributed by atoms with E-state index in [0.29, 0.717) is 144 Å². The van der Waals surface area contributed by atoms with Crippen LogP contribution in [-0.4, -0.2) is 167 Å². The molecule has 3 amide bonds. The molecule has 2 atom stereocenters. The normalized spacial score (nSPS) is 12.2. The van der Waals surface area contributed by atoms with Crippen molar-refractivity contribution in [1.82, 2.24) is 20.9 Å². The minimum atomic E-state index is -1.000. The van der Waals surface area contributed by atoms with Gasteiger partial charge in [0.05, 0.1) is 124 Å². The van der Waals surface area contributed by atoms with Crippen molar-refractivity contribution in [1.29, 1.82) is 0 Å². The van der Waals surface area contributed by atoms with Gasteiger partial charge in [0.25, 0.3) is 0 Å². The number of H-pyrrole nitrogens is 1. The Kier molecular flexibility index (Phi) is 31.8. The quantitative estimate of drug-likeness (QED) is 0.00792. The number of rotatable bonds is 46. The molecule has 0 unspecified atom stereocenters. The van der Waals surface area contributed by atoms with Crippen LogP contribution in [0.15, 0.2) is 145 Å². The van der Waals surface area contributed by atoms with Gasteiger partial charge in [0, 0.05) is 47.1 Å². The third-order valence-corrected chi connectivity index (χ3v) is 13.8. The molecule has 20 nitrogen and oxygen atoms in total. The number of para-hydroxylation sites is 1. The van der Waals surface area contributed by atoms with E-state index in [1.807, 2.05) is 73.8 Å². The number of benzene rings is 5. The second-order valence-electron chi connectivity index (χ2n) is 20.1. The van der Waals surface area contributed by atoms with Crippen molar-refractivity contribution < 1.29 is 57.0 Å². The summed E-state index contributed by atoms with van der Waals surface area (Å²) in [4.78, 5) is 48.3. The molecule has 0 aliphatic heterocycles. The third-order valence-electron chi connectivity index (χ3n) is 13.8.